The Morgan fingerprint density at radius 3 is 2.57 bits per heavy atom. The van der Waals surface area contributed by atoms with Gasteiger partial charge in [-0.05, 0) is 49.6 Å². The molecule has 2 aromatic heterocycles. The van der Waals surface area contributed by atoms with Crippen LogP contribution in [0.15, 0.2) is 54.7 Å². The third kappa shape index (κ3) is 2.94. The molecule has 0 aliphatic carbocycles. The summed E-state index contributed by atoms with van der Waals surface area (Å²) in [7, 11) is 0. The van der Waals surface area contributed by atoms with Crippen LogP contribution in [0.1, 0.15) is 29.6 Å². The van der Waals surface area contributed by atoms with Crippen LogP contribution < -0.4 is 0 Å². The molecule has 1 aliphatic heterocycles. The van der Waals surface area contributed by atoms with Gasteiger partial charge in [-0.1, -0.05) is 23.4 Å². The fourth-order valence-corrected chi connectivity index (χ4v) is 3.69. The van der Waals surface area contributed by atoms with Crippen LogP contribution in [0, 0.1) is 0 Å². The van der Waals surface area contributed by atoms with Crippen molar-refractivity contribution >= 4 is 16.8 Å². The summed E-state index contributed by atoms with van der Waals surface area (Å²) in [6.45, 7) is 1.70. The quantitative estimate of drug-likeness (QED) is 0.597. The summed E-state index contributed by atoms with van der Waals surface area (Å²) in [6.07, 6.45) is 5.24. The number of para-hydroxylation sites is 1. The number of aromatic nitrogens is 5. The second kappa shape index (κ2) is 6.92. The summed E-state index contributed by atoms with van der Waals surface area (Å²) < 4.78 is 1.70. The second-order valence-corrected chi connectivity index (χ2v) is 7.07. The molecule has 1 aliphatic rings. The Balaban J connectivity index is 1.39. The van der Waals surface area contributed by atoms with Gasteiger partial charge in [0.2, 0.25) is 0 Å². The zero-order valence-corrected chi connectivity index (χ0v) is 15.4. The van der Waals surface area contributed by atoms with Crippen molar-refractivity contribution in [2.45, 2.75) is 19.3 Å². The standard InChI is InChI=1S/C21H20N6O/c28-21(26-12-4-1-5-13-26)15-8-10-16(11-9-15)27-14-19(23-25-27)20-17-6-2-3-7-18(17)22-24-20/h2-3,6-11,14H,1,4-5,12-13H2,(H,22,24). The molecular formula is C21H20N6O. The van der Waals surface area contributed by atoms with Crippen LogP contribution in [-0.2, 0) is 0 Å². The Hall–Kier alpha value is -3.48. The van der Waals surface area contributed by atoms with Crippen molar-refractivity contribution in [2.24, 2.45) is 0 Å². The van der Waals surface area contributed by atoms with Crippen LogP contribution in [0.3, 0.4) is 0 Å². The molecule has 1 saturated heterocycles. The number of nitrogens with zero attached hydrogens (tertiary/aromatic N) is 5. The van der Waals surface area contributed by atoms with E-state index in [0.717, 1.165) is 48.2 Å². The number of carbonyl (C=O) groups is 1. The minimum Gasteiger partial charge on any atom is -0.339 e. The number of benzene rings is 2. The van der Waals surface area contributed by atoms with Gasteiger partial charge in [0.25, 0.3) is 5.91 Å². The number of carbonyl (C=O) groups excluding carboxylic acids is 1. The van der Waals surface area contributed by atoms with Gasteiger partial charge in [0.15, 0.2) is 0 Å². The number of fused-ring (bicyclic) bond motifs is 1. The molecule has 7 nitrogen and oxygen atoms in total. The van der Waals surface area contributed by atoms with Crippen LogP contribution >= 0.6 is 0 Å². The molecule has 0 atom stereocenters. The Morgan fingerprint density at radius 1 is 0.964 bits per heavy atom. The van der Waals surface area contributed by atoms with E-state index in [4.69, 9.17) is 0 Å². The van der Waals surface area contributed by atoms with Crippen molar-refractivity contribution in [3.05, 3.63) is 60.3 Å². The average molecular weight is 372 g/mol. The maximum absolute atomic E-state index is 12.6. The van der Waals surface area contributed by atoms with Gasteiger partial charge in [0, 0.05) is 24.0 Å². The van der Waals surface area contributed by atoms with E-state index in [0.29, 0.717) is 11.3 Å². The third-order valence-corrected chi connectivity index (χ3v) is 5.23. The molecule has 1 fully saturated rings. The topological polar surface area (TPSA) is 79.7 Å². The van der Waals surface area contributed by atoms with Crippen molar-refractivity contribution in [3.8, 4) is 17.1 Å². The third-order valence-electron chi connectivity index (χ3n) is 5.23. The van der Waals surface area contributed by atoms with E-state index in [9.17, 15) is 4.79 Å². The summed E-state index contributed by atoms with van der Waals surface area (Å²) in [5.74, 6) is 0.105. The lowest BCUT2D eigenvalue weighted by atomic mass is 10.1. The molecule has 1 amide bonds. The van der Waals surface area contributed by atoms with E-state index in [2.05, 4.69) is 20.5 Å². The highest BCUT2D eigenvalue weighted by Crippen LogP contribution is 2.24. The van der Waals surface area contributed by atoms with Crippen LogP contribution in [-0.4, -0.2) is 49.1 Å². The van der Waals surface area contributed by atoms with Crippen molar-refractivity contribution in [3.63, 3.8) is 0 Å². The summed E-state index contributed by atoms with van der Waals surface area (Å²) in [5.41, 5.74) is 4.01. The molecule has 4 aromatic rings. The van der Waals surface area contributed by atoms with Gasteiger partial charge in [0.1, 0.15) is 11.4 Å². The van der Waals surface area contributed by atoms with Crippen LogP contribution in [0.2, 0.25) is 0 Å². The van der Waals surface area contributed by atoms with Crippen LogP contribution in [0.4, 0.5) is 0 Å². The molecule has 28 heavy (non-hydrogen) atoms. The van der Waals surface area contributed by atoms with Gasteiger partial charge < -0.3 is 4.90 Å². The van der Waals surface area contributed by atoms with Gasteiger partial charge in [-0.3, -0.25) is 9.89 Å². The fraction of sp³-hybridized carbons (Fsp3) is 0.238. The summed E-state index contributed by atoms with van der Waals surface area (Å²) >= 11 is 0. The number of rotatable bonds is 3. The molecule has 0 spiro atoms. The van der Waals surface area contributed by atoms with E-state index >= 15 is 0 Å². The molecule has 0 bridgehead atoms. The first-order valence-electron chi connectivity index (χ1n) is 9.55. The number of hydrogen-bond donors (Lipinski definition) is 1. The van der Waals surface area contributed by atoms with Crippen molar-refractivity contribution in [2.75, 3.05) is 13.1 Å². The monoisotopic (exact) mass is 372 g/mol. The highest BCUT2D eigenvalue weighted by atomic mass is 16.2. The number of amides is 1. The number of piperidine rings is 1. The van der Waals surface area contributed by atoms with E-state index in [1.807, 2.05) is 59.6 Å². The van der Waals surface area contributed by atoms with Gasteiger partial charge in [-0.15, -0.1) is 5.10 Å². The SMILES string of the molecule is O=C(c1ccc(-n2cc(-c3n[nH]c4ccccc34)nn2)cc1)N1CCCCC1. The molecule has 1 N–H and O–H groups in total. The van der Waals surface area contributed by atoms with E-state index < -0.39 is 0 Å². The molecule has 0 unspecified atom stereocenters. The number of nitrogens with one attached hydrogen (secondary N) is 1. The molecule has 0 radical (unpaired) electrons. The Labute approximate surface area is 162 Å². The Kier molecular flexibility index (Phi) is 4.12. The predicted octanol–water partition coefficient (Wildman–Crippen LogP) is 3.44. The van der Waals surface area contributed by atoms with Crippen molar-refractivity contribution in [1.29, 1.82) is 0 Å². The smallest absolute Gasteiger partial charge is 0.253 e. The minimum absolute atomic E-state index is 0.105. The largest absolute Gasteiger partial charge is 0.339 e. The molecule has 3 heterocycles. The van der Waals surface area contributed by atoms with Gasteiger partial charge in [0.05, 0.1) is 17.4 Å². The maximum Gasteiger partial charge on any atom is 0.253 e. The van der Waals surface area contributed by atoms with Gasteiger partial charge in [-0.25, -0.2) is 4.68 Å². The first kappa shape index (κ1) is 16.7. The normalized spacial score (nSPS) is 14.5. The van der Waals surface area contributed by atoms with Crippen molar-refractivity contribution < 1.29 is 4.79 Å². The molecule has 140 valence electrons. The molecule has 2 aromatic carbocycles. The number of aromatic amines is 1. The summed E-state index contributed by atoms with van der Waals surface area (Å²) in [5, 5.41) is 16.9. The molecule has 0 saturated carbocycles. The van der Waals surface area contributed by atoms with Crippen molar-refractivity contribution in [1.82, 2.24) is 30.1 Å². The second-order valence-electron chi connectivity index (χ2n) is 7.07. The van der Waals surface area contributed by atoms with Gasteiger partial charge in [-0.2, -0.15) is 5.10 Å². The zero-order valence-electron chi connectivity index (χ0n) is 15.4. The molecular weight excluding hydrogens is 352 g/mol. The summed E-state index contributed by atoms with van der Waals surface area (Å²) in [6, 6.07) is 15.5. The maximum atomic E-state index is 12.6. The highest BCUT2D eigenvalue weighted by Gasteiger charge is 2.18. The Bertz CT molecular complexity index is 1120. The molecule has 5 rings (SSSR count). The number of likely N-dealkylation sites (tertiary alicyclic amines) is 1. The highest BCUT2D eigenvalue weighted by molar-refractivity contribution is 5.94. The number of hydrogen-bond acceptors (Lipinski definition) is 4. The van der Waals surface area contributed by atoms with E-state index in [1.54, 1.807) is 4.68 Å². The first-order chi connectivity index (χ1) is 13.8. The minimum atomic E-state index is 0.105. The summed E-state index contributed by atoms with van der Waals surface area (Å²) in [4.78, 5) is 14.6. The van der Waals surface area contributed by atoms with Crippen LogP contribution in [0.25, 0.3) is 28.0 Å². The lowest BCUT2D eigenvalue weighted by Crippen LogP contribution is -2.35. The first-order valence-corrected chi connectivity index (χ1v) is 9.55. The van der Waals surface area contributed by atoms with Gasteiger partial charge >= 0.3 is 0 Å². The fourth-order valence-electron chi connectivity index (χ4n) is 3.69. The van der Waals surface area contributed by atoms with E-state index in [-0.39, 0.29) is 5.91 Å². The van der Waals surface area contributed by atoms with E-state index in [1.165, 1.54) is 6.42 Å². The van der Waals surface area contributed by atoms with Crippen LogP contribution in [0.5, 0.6) is 0 Å². The number of H-pyrrole nitrogens is 1. The lowest BCUT2D eigenvalue weighted by Gasteiger charge is -2.26. The Morgan fingerprint density at radius 2 is 1.75 bits per heavy atom. The average Bonchev–Trinajstić information content (AvgIpc) is 3.41. The predicted molar refractivity (Wildman–Crippen MR) is 106 cm³/mol. The zero-order chi connectivity index (χ0) is 18.9. The lowest BCUT2D eigenvalue weighted by molar-refractivity contribution is 0.0724. The molecule has 7 heteroatoms.